The van der Waals surface area contributed by atoms with Gasteiger partial charge in [0.25, 0.3) is 0 Å². The molecule has 0 amide bonds. The predicted octanol–water partition coefficient (Wildman–Crippen LogP) is 3.71. The van der Waals surface area contributed by atoms with Gasteiger partial charge in [0.05, 0.1) is 25.4 Å². The van der Waals surface area contributed by atoms with E-state index in [1.807, 2.05) is 18.3 Å². The van der Waals surface area contributed by atoms with Crippen LogP contribution >= 0.6 is 11.3 Å². The Kier molecular flexibility index (Phi) is 7.04. The van der Waals surface area contributed by atoms with Crippen LogP contribution in [0.2, 0.25) is 0 Å². The van der Waals surface area contributed by atoms with E-state index in [1.165, 1.54) is 12.8 Å². The van der Waals surface area contributed by atoms with E-state index in [2.05, 4.69) is 51.7 Å². The molecule has 0 spiro atoms. The maximum atomic E-state index is 5.68. The van der Waals surface area contributed by atoms with Gasteiger partial charge in [-0.15, -0.1) is 11.3 Å². The lowest BCUT2D eigenvalue weighted by atomic mass is 10.2. The Bertz CT molecular complexity index is 737. The SMILES string of the molecule is CCNC(=NCc1ccc(OCC2CC2)nc1)NCc1nc(C(C)C)cs1. The lowest BCUT2D eigenvalue weighted by molar-refractivity contribution is 0.288. The van der Waals surface area contributed by atoms with Gasteiger partial charge in [-0.2, -0.15) is 0 Å². The van der Waals surface area contributed by atoms with Crippen LogP contribution in [0.5, 0.6) is 5.88 Å². The Balaban J connectivity index is 1.51. The molecule has 2 N–H and O–H groups in total. The van der Waals surface area contributed by atoms with E-state index >= 15 is 0 Å². The molecule has 146 valence electrons. The van der Waals surface area contributed by atoms with E-state index in [1.54, 1.807) is 11.3 Å². The van der Waals surface area contributed by atoms with Gasteiger partial charge in [-0.25, -0.2) is 15.0 Å². The molecule has 0 atom stereocenters. The number of hydrogen-bond donors (Lipinski definition) is 2. The topological polar surface area (TPSA) is 71.4 Å². The lowest BCUT2D eigenvalue weighted by Crippen LogP contribution is -2.36. The molecule has 0 saturated heterocycles. The van der Waals surface area contributed by atoms with Gasteiger partial charge in [0, 0.05) is 24.2 Å². The lowest BCUT2D eigenvalue weighted by Gasteiger charge is -2.10. The second kappa shape index (κ2) is 9.69. The number of nitrogens with one attached hydrogen (secondary N) is 2. The molecular weight excluding hydrogens is 358 g/mol. The molecule has 0 bridgehead atoms. The van der Waals surface area contributed by atoms with Crippen LogP contribution in [-0.2, 0) is 13.1 Å². The highest BCUT2D eigenvalue weighted by Gasteiger charge is 2.22. The smallest absolute Gasteiger partial charge is 0.213 e. The van der Waals surface area contributed by atoms with Gasteiger partial charge in [0.15, 0.2) is 5.96 Å². The van der Waals surface area contributed by atoms with Crippen molar-refractivity contribution in [3.8, 4) is 5.88 Å². The zero-order valence-corrected chi connectivity index (χ0v) is 17.2. The minimum Gasteiger partial charge on any atom is -0.477 e. The summed E-state index contributed by atoms with van der Waals surface area (Å²) in [5.74, 6) is 2.68. The summed E-state index contributed by atoms with van der Waals surface area (Å²) >= 11 is 1.68. The number of hydrogen-bond acceptors (Lipinski definition) is 5. The quantitative estimate of drug-likeness (QED) is 0.507. The highest BCUT2D eigenvalue weighted by Crippen LogP contribution is 2.29. The van der Waals surface area contributed by atoms with Gasteiger partial charge in [-0.3, -0.25) is 0 Å². The summed E-state index contributed by atoms with van der Waals surface area (Å²) in [6.07, 6.45) is 4.41. The third kappa shape index (κ3) is 6.50. The Hall–Kier alpha value is -2.15. The molecule has 27 heavy (non-hydrogen) atoms. The third-order valence-electron chi connectivity index (χ3n) is 4.29. The van der Waals surface area contributed by atoms with Crippen LogP contribution in [0.3, 0.4) is 0 Å². The zero-order chi connectivity index (χ0) is 19.1. The van der Waals surface area contributed by atoms with E-state index in [0.717, 1.165) is 41.3 Å². The molecule has 0 unspecified atom stereocenters. The fraction of sp³-hybridized carbons (Fsp3) is 0.550. The summed E-state index contributed by atoms with van der Waals surface area (Å²) < 4.78 is 5.68. The first-order valence-corrected chi connectivity index (χ1v) is 10.6. The van der Waals surface area contributed by atoms with E-state index in [9.17, 15) is 0 Å². The summed E-state index contributed by atoms with van der Waals surface area (Å²) in [6.45, 7) is 9.23. The molecule has 1 aliphatic carbocycles. The third-order valence-corrected chi connectivity index (χ3v) is 5.16. The average molecular weight is 388 g/mol. The van der Waals surface area contributed by atoms with Crippen molar-refractivity contribution in [3.05, 3.63) is 40.0 Å². The van der Waals surface area contributed by atoms with Gasteiger partial charge in [-0.1, -0.05) is 19.9 Å². The summed E-state index contributed by atoms with van der Waals surface area (Å²) in [5.41, 5.74) is 2.20. The largest absolute Gasteiger partial charge is 0.477 e. The minimum absolute atomic E-state index is 0.459. The molecule has 0 radical (unpaired) electrons. The summed E-state index contributed by atoms with van der Waals surface area (Å²) in [5, 5.41) is 9.83. The number of nitrogens with zero attached hydrogens (tertiary/aromatic N) is 3. The highest BCUT2D eigenvalue weighted by atomic mass is 32.1. The molecule has 0 aliphatic heterocycles. The maximum absolute atomic E-state index is 5.68. The number of guanidine groups is 1. The summed E-state index contributed by atoms with van der Waals surface area (Å²) in [7, 11) is 0. The second-order valence-electron chi connectivity index (χ2n) is 7.13. The molecule has 2 aromatic rings. The normalized spacial score (nSPS) is 14.4. The number of pyridine rings is 1. The molecule has 1 fully saturated rings. The van der Waals surface area contributed by atoms with E-state index in [0.29, 0.717) is 24.9 Å². The van der Waals surface area contributed by atoms with Crippen LogP contribution in [0.4, 0.5) is 0 Å². The molecule has 1 aliphatic rings. The molecule has 6 nitrogen and oxygen atoms in total. The van der Waals surface area contributed by atoms with Crippen molar-refractivity contribution in [2.24, 2.45) is 10.9 Å². The van der Waals surface area contributed by atoms with Crippen LogP contribution in [0.15, 0.2) is 28.7 Å². The van der Waals surface area contributed by atoms with Gasteiger partial charge in [-0.05, 0) is 37.2 Å². The molecule has 3 rings (SSSR count). The molecule has 1 saturated carbocycles. The molecule has 2 aromatic heterocycles. The van der Waals surface area contributed by atoms with Gasteiger partial charge < -0.3 is 15.4 Å². The first-order chi connectivity index (χ1) is 13.1. The molecule has 0 aromatic carbocycles. The summed E-state index contributed by atoms with van der Waals surface area (Å²) in [4.78, 5) is 13.7. The molecule has 7 heteroatoms. The predicted molar refractivity (Wildman–Crippen MR) is 110 cm³/mol. The van der Waals surface area contributed by atoms with Gasteiger partial charge >= 0.3 is 0 Å². The van der Waals surface area contributed by atoms with Crippen LogP contribution in [0.1, 0.15) is 55.8 Å². The highest BCUT2D eigenvalue weighted by molar-refractivity contribution is 7.09. The van der Waals surface area contributed by atoms with Gasteiger partial charge in [0.2, 0.25) is 5.88 Å². The van der Waals surface area contributed by atoms with Gasteiger partial charge in [0.1, 0.15) is 5.01 Å². The fourth-order valence-electron chi connectivity index (χ4n) is 2.42. The Labute approximate surface area is 165 Å². The number of thiazole rings is 1. The van der Waals surface area contributed by atoms with Crippen LogP contribution in [-0.4, -0.2) is 29.1 Å². The molecular formula is C20H29N5OS. The van der Waals surface area contributed by atoms with Crippen molar-refractivity contribution < 1.29 is 4.74 Å². The van der Waals surface area contributed by atoms with Crippen molar-refractivity contribution in [2.75, 3.05) is 13.2 Å². The van der Waals surface area contributed by atoms with E-state index in [4.69, 9.17) is 4.74 Å². The Morgan fingerprint density at radius 1 is 1.33 bits per heavy atom. The van der Waals surface area contributed by atoms with Crippen LogP contribution in [0.25, 0.3) is 0 Å². The number of rotatable bonds is 9. The fourth-order valence-corrected chi connectivity index (χ4v) is 3.32. The standard InChI is InChI=1S/C20H29N5OS/c1-4-21-20(24-11-19-25-17(13-27-19)14(2)3)23-10-16-7-8-18(22-9-16)26-12-15-5-6-15/h7-9,13-15H,4-6,10-12H2,1-3H3,(H2,21,23,24). The van der Waals surface area contributed by atoms with Crippen molar-refractivity contribution in [2.45, 2.75) is 52.6 Å². The van der Waals surface area contributed by atoms with Crippen molar-refractivity contribution in [1.82, 2.24) is 20.6 Å². The number of aliphatic imine (C=N–C) groups is 1. The first-order valence-electron chi connectivity index (χ1n) is 9.68. The summed E-state index contributed by atoms with van der Waals surface area (Å²) in [6, 6.07) is 3.95. The van der Waals surface area contributed by atoms with E-state index in [-0.39, 0.29) is 0 Å². The van der Waals surface area contributed by atoms with Crippen LogP contribution < -0.4 is 15.4 Å². The second-order valence-corrected chi connectivity index (χ2v) is 8.07. The monoisotopic (exact) mass is 387 g/mol. The number of ether oxygens (including phenoxy) is 1. The van der Waals surface area contributed by atoms with E-state index < -0.39 is 0 Å². The zero-order valence-electron chi connectivity index (χ0n) is 16.4. The Morgan fingerprint density at radius 2 is 2.19 bits per heavy atom. The van der Waals surface area contributed by atoms with Crippen LogP contribution in [0, 0.1) is 5.92 Å². The minimum atomic E-state index is 0.459. The van der Waals surface area contributed by atoms with Crippen molar-refractivity contribution >= 4 is 17.3 Å². The van der Waals surface area contributed by atoms with Crippen molar-refractivity contribution in [3.63, 3.8) is 0 Å². The number of aromatic nitrogens is 2. The Morgan fingerprint density at radius 3 is 2.81 bits per heavy atom. The maximum Gasteiger partial charge on any atom is 0.213 e. The van der Waals surface area contributed by atoms with Crippen molar-refractivity contribution in [1.29, 1.82) is 0 Å². The first kappa shape index (κ1) is 19.6. The average Bonchev–Trinajstić information content (AvgIpc) is 3.38. The molecule has 2 heterocycles.